The predicted octanol–water partition coefficient (Wildman–Crippen LogP) is 5.85. The van der Waals surface area contributed by atoms with Crippen LogP contribution in [0.5, 0.6) is 0 Å². The molecule has 43 heavy (non-hydrogen) atoms. The fourth-order valence-corrected chi connectivity index (χ4v) is 4.24. The number of rotatable bonds is 14. The second kappa shape index (κ2) is 17.1. The molecular weight excluding hydrogens is 558 g/mol. The normalized spacial score (nSPS) is 12.3. The van der Waals surface area contributed by atoms with Crippen LogP contribution in [-0.2, 0) is 25.5 Å². The van der Waals surface area contributed by atoms with Crippen LogP contribution in [0, 0.1) is 17.6 Å². The summed E-state index contributed by atoms with van der Waals surface area (Å²) in [4.78, 5) is 43.2. The molecule has 11 heteroatoms. The summed E-state index contributed by atoms with van der Waals surface area (Å²) in [6, 6.07) is 11.9. The van der Waals surface area contributed by atoms with Gasteiger partial charge in [0.15, 0.2) is 11.6 Å². The van der Waals surface area contributed by atoms with Crippen molar-refractivity contribution in [1.29, 1.82) is 0 Å². The Labute approximate surface area is 251 Å². The predicted molar refractivity (Wildman–Crippen MR) is 162 cm³/mol. The maximum Gasteiger partial charge on any atom is 0.412 e. The molecule has 2 atom stereocenters. The van der Waals surface area contributed by atoms with E-state index in [0.29, 0.717) is 25.1 Å². The average Bonchev–Trinajstić information content (AvgIpc) is 2.98. The zero-order chi connectivity index (χ0) is 30.6. The van der Waals surface area contributed by atoms with Crippen molar-refractivity contribution in [3.05, 3.63) is 71.9 Å². The number of amides is 2. The second-order valence-electron chi connectivity index (χ2n) is 10.4. The minimum atomic E-state index is -0.974. The number of likely N-dealkylation sites (N-methyl/N-ethyl adjacent to an activating group) is 1. The van der Waals surface area contributed by atoms with Crippen LogP contribution in [0.15, 0.2) is 54.7 Å². The molecule has 0 saturated heterocycles. The van der Waals surface area contributed by atoms with E-state index in [-0.39, 0.29) is 50.9 Å². The molecule has 0 aliphatic heterocycles. The highest BCUT2D eigenvalue weighted by Crippen LogP contribution is 2.18. The number of hydrogen-bond acceptors (Lipinski definition) is 7. The molecule has 234 valence electrons. The lowest BCUT2D eigenvalue weighted by Gasteiger charge is -2.28. The number of aryl methyl sites for hydroxylation is 1. The molecule has 0 aliphatic carbocycles. The van der Waals surface area contributed by atoms with Gasteiger partial charge in [-0.1, -0.05) is 57.7 Å². The van der Waals surface area contributed by atoms with Gasteiger partial charge in [0.05, 0.1) is 12.6 Å². The quantitative estimate of drug-likeness (QED) is 0.176. The molecular formula is C32H42F2N4O5. The van der Waals surface area contributed by atoms with Crippen molar-refractivity contribution in [3.63, 3.8) is 0 Å². The summed E-state index contributed by atoms with van der Waals surface area (Å²) >= 11 is 0. The van der Waals surface area contributed by atoms with Gasteiger partial charge in [0.25, 0.3) is 0 Å². The third kappa shape index (κ3) is 10.6. The van der Waals surface area contributed by atoms with Crippen LogP contribution < -0.4 is 11.1 Å². The first-order chi connectivity index (χ1) is 20.1. The first-order valence-electron chi connectivity index (χ1n) is 14.0. The van der Waals surface area contributed by atoms with E-state index in [4.69, 9.17) is 15.2 Å². The maximum absolute atomic E-state index is 14.1. The van der Waals surface area contributed by atoms with E-state index < -0.39 is 35.8 Å². The summed E-state index contributed by atoms with van der Waals surface area (Å²) in [5.74, 6) is -2.47. The summed E-state index contributed by atoms with van der Waals surface area (Å²) in [6.07, 6.45) is 2.36. The maximum atomic E-state index is 14.1. The van der Waals surface area contributed by atoms with Gasteiger partial charge in [-0.25, -0.2) is 18.6 Å². The van der Waals surface area contributed by atoms with Gasteiger partial charge in [-0.3, -0.25) is 14.9 Å². The summed E-state index contributed by atoms with van der Waals surface area (Å²) in [5.41, 5.74) is 5.92. The molecule has 2 aromatic carbocycles. The van der Waals surface area contributed by atoms with Gasteiger partial charge in [-0.05, 0) is 54.7 Å². The number of pyridine rings is 1. The van der Waals surface area contributed by atoms with E-state index in [0.717, 1.165) is 16.8 Å². The van der Waals surface area contributed by atoms with Crippen LogP contribution in [0.1, 0.15) is 52.5 Å². The molecule has 0 radical (unpaired) electrons. The van der Waals surface area contributed by atoms with Crippen LogP contribution in [-0.4, -0.2) is 60.2 Å². The first-order valence-corrected chi connectivity index (χ1v) is 14.0. The van der Waals surface area contributed by atoms with Crippen molar-refractivity contribution in [1.82, 2.24) is 9.88 Å². The number of halogens is 2. The number of carbonyl (C=O) groups excluding carboxylic acids is 3. The van der Waals surface area contributed by atoms with Crippen LogP contribution in [0.3, 0.4) is 0 Å². The lowest BCUT2D eigenvalue weighted by molar-refractivity contribution is -0.146. The van der Waals surface area contributed by atoms with Crippen LogP contribution in [0.2, 0.25) is 0 Å². The lowest BCUT2D eigenvalue weighted by Crippen LogP contribution is -2.41. The number of anilines is 1. The number of benzene rings is 2. The third-order valence-electron chi connectivity index (χ3n) is 7.02. The Morgan fingerprint density at radius 3 is 2.47 bits per heavy atom. The topological polar surface area (TPSA) is 124 Å². The summed E-state index contributed by atoms with van der Waals surface area (Å²) in [5, 5.41) is 4.42. The molecule has 0 fully saturated rings. The minimum absolute atomic E-state index is 0. The number of carbonyl (C=O) groups is 3. The minimum Gasteiger partial charge on any atom is -0.465 e. The van der Waals surface area contributed by atoms with Gasteiger partial charge < -0.3 is 20.1 Å². The first kappa shape index (κ1) is 35.1. The molecule has 0 aliphatic rings. The molecule has 3 rings (SSSR count). The van der Waals surface area contributed by atoms with Gasteiger partial charge in [0, 0.05) is 25.1 Å². The van der Waals surface area contributed by atoms with E-state index in [1.165, 1.54) is 17.0 Å². The number of unbranched alkanes of at least 4 members (excludes halogenated alkanes) is 1. The molecule has 3 N–H and O–H groups in total. The second-order valence-corrected chi connectivity index (χ2v) is 10.4. The molecule has 3 aromatic rings. The number of esters is 1. The van der Waals surface area contributed by atoms with E-state index >= 15 is 0 Å². The highest BCUT2D eigenvalue weighted by atomic mass is 19.2. The Bertz CT molecular complexity index is 1370. The molecule has 0 saturated carbocycles. The standard InChI is InChI=1S/C31H38F2N4O5.CH4/c1-20(2)29(34)30(39)41-16-7-6-12-24(37(3)27(38)15-14-21-11-8-13-25(32)28(21)33)19-42-31(40)36-26-17-22-9-4-5-10-23(22)18-35-26;/h4-5,8-11,13,17-18,20,24,29H,6-7,12,14-16,19,34H2,1-3H3,(H,35,36,40);1H4/t24-,29-;/m0./s1. The van der Waals surface area contributed by atoms with Gasteiger partial charge in [0.2, 0.25) is 5.91 Å². The molecule has 0 unspecified atom stereocenters. The van der Waals surface area contributed by atoms with Crippen molar-refractivity contribution in [2.45, 2.75) is 65.5 Å². The highest BCUT2D eigenvalue weighted by Gasteiger charge is 2.23. The largest absolute Gasteiger partial charge is 0.465 e. The number of aromatic nitrogens is 1. The van der Waals surface area contributed by atoms with Crippen LogP contribution in [0.25, 0.3) is 10.8 Å². The lowest BCUT2D eigenvalue weighted by atomic mass is 10.1. The Balaban J connectivity index is 0.00000645. The van der Waals surface area contributed by atoms with Crippen molar-refractivity contribution in [2.75, 3.05) is 25.6 Å². The monoisotopic (exact) mass is 600 g/mol. The highest BCUT2D eigenvalue weighted by molar-refractivity contribution is 5.89. The molecule has 9 nitrogen and oxygen atoms in total. The van der Waals surface area contributed by atoms with E-state index in [2.05, 4.69) is 10.3 Å². The number of nitrogens with one attached hydrogen (secondary N) is 1. The van der Waals surface area contributed by atoms with Crippen LogP contribution in [0.4, 0.5) is 19.4 Å². The number of nitrogens with two attached hydrogens (primary N) is 1. The Morgan fingerprint density at radius 2 is 1.74 bits per heavy atom. The summed E-state index contributed by atoms with van der Waals surface area (Å²) < 4.78 is 38.3. The van der Waals surface area contributed by atoms with Crippen molar-refractivity contribution in [2.24, 2.45) is 11.7 Å². The Hall–Kier alpha value is -4.12. The fraction of sp³-hybridized carbons (Fsp3) is 0.438. The zero-order valence-corrected chi connectivity index (χ0v) is 24.1. The van der Waals surface area contributed by atoms with Crippen molar-refractivity contribution < 1.29 is 32.6 Å². The third-order valence-corrected chi connectivity index (χ3v) is 7.02. The Kier molecular flexibility index (Phi) is 14.0. The van der Waals surface area contributed by atoms with Gasteiger partial charge >= 0.3 is 12.1 Å². The molecule has 0 bridgehead atoms. The summed E-state index contributed by atoms with van der Waals surface area (Å²) in [7, 11) is 1.57. The Morgan fingerprint density at radius 1 is 1.02 bits per heavy atom. The van der Waals surface area contributed by atoms with Gasteiger partial charge in [0.1, 0.15) is 18.5 Å². The van der Waals surface area contributed by atoms with E-state index in [1.54, 1.807) is 19.3 Å². The molecule has 1 aromatic heterocycles. The van der Waals surface area contributed by atoms with E-state index in [9.17, 15) is 23.2 Å². The van der Waals surface area contributed by atoms with Gasteiger partial charge in [-0.15, -0.1) is 0 Å². The number of fused-ring (bicyclic) bond motifs is 1. The fourth-order valence-electron chi connectivity index (χ4n) is 4.24. The molecule has 1 heterocycles. The van der Waals surface area contributed by atoms with Gasteiger partial charge in [-0.2, -0.15) is 0 Å². The smallest absolute Gasteiger partial charge is 0.412 e. The molecule has 2 amide bonds. The number of nitrogens with zero attached hydrogens (tertiary/aromatic N) is 2. The molecule has 0 spiro atoms. The van der Waals surface area contributed by atoms with Crippen molar-refractivity contribution >= 4 is 34.6 Å². The summed E-state index contributed by atoms with van der Waals surface area (Å²) in [6.45, 7) is 3.71. The SMILES string of the molecule is C.CC(C)[C@H](N)C(=O)OCCCC[C@@H](COC(=O)Nc1cc2ccccc2cn1)N(C)C(=O)CCc1cccc(F)c1F. The zero-order valence-electron chi connectivity index (χ0n) is 24.1. The van der Waals surface area contributed by atoms with Crippen molar-refractivity contribution in [3.8, 4) is 0 Å². The number of ether oxygens (including phenoxy) is 2. The average molecular weight is 601 g/mol. The number of hydrogen-bond donors (Lipinski definition) is 2. The van der Waals surface area contributed by atoms with Crippen LogP contribution >= 0.6 is 0 Å². The van der Waals surface area contributed by atoms with E-state index in [1.807, 2.05) is 38.1 Å².